The zero-order chi connectivity index (χ0) is 25.8. The van der Waals surface area contributed by atoms with Crippen LogP contribution in [0.4, 0.5) is 0 Å². The fourth-order valence-corrected chi connectivity index (χ4v) is 6.31. The Morgan fingerprint density at radius 1 is 0.667 bits per heavy atom. The van der Waals surface area contributed by atoms with Gasteiger partial charge >= 0.3 is 0 Å². The molecule has 0 saturated carbocycles. The Labute approximate surface area is 216 Å². The second-order valence-corrected chi connectivity index (χ2v) is 12.6. The number of sulfonamides is 2. The summed E-state index contributed by atoms with van der Waals surface area (Å²) in [7, 11) is -6.31. The third-order valence-corrected chi connectivity index (χ3v) is 9.48. The molecule has 7 nitrogen and oxygen atoms in total. The lowest BCUT2D eigenvalue weighted by Gasteiger charge is -2.22. The maximum Gasteiger partial charge on any atom is 0.243 e. The molecule has 4 aromatic rings. The van der Waals surface area contributed by atoms with E-state index in [0.29, 0.717) is 10.8 Å². The highest BCUT2D eigenvalue weighted by molar-refractivity contribution is 7.89. The average molecular weight is 545 g/mol. The van der Waals surface area contributed by atoms with Crippen LogP contribution in [0.2, 0.25) is 5.02 Å². The highest BCUT2D eigenvalue weighted by Crippen LogP contribution is 2.25. The molecule has 1 heterocycles. The van der Waals surface area contributed by atoms with Crippen molar-refractivity contribution >= 4 is 31.6 Å². The minimum atomic E-state index is -3.98. The summed E-state index contributed by atoms with van der Waals surface area (Å²) in [6, 6.07) is 24.8. The summed E-state index contributed by atoms with van der Waals surface area (Å²) in [5, 5.41) is 0.549. The SMILES string of the molecule is CN(Cc1ccccc1)S(=O)(=O)c1ccc(S(=O)(=O)N(Cc2ccc(Cl)cc2)Cc2ccco2)cc1. The molecule has 0 radical (unpaired) electrons. The molecule has 0 atom stereocenters. The van der Waals surface area contributed by atoms with Gasteiger partial charge in [-0.3, -0.25) is 0 Å². The van der Waals surface area contributed by atoms with Gasteiger partial charge in [0.15, 0.2) is 0 Å². The molecule has 0 N–H and O–H groups in total. The largest absolute Gasteiger partial charge is 0.468 e. The first-order valence-corrected chi connectivity index (χ1v) is 14.3. The van der Waals surface area contributed by atoms with E-state index in [2.05, 4.69) is 0 Å². The standard InChI is InChI=1S/C26H25ClN2O5S2/c1-28(18-21-6-3-2-4-7-21)35(30,31)25-13-15-26(16-14-25)36(32,33)29(20-24-8-5-17-34-24)19-22-9-11-23(27)12-10-22/h2-17H,18-20H2,1H3. The van der Waals surface area contributed by atoms with Crippen molar-refractivity contribution in [2.75, 3.05) is 7.05 Å². The minimum absolute atomic E-state index is 0.00941. The average Bonchev–Trinajstić information content (AvgIpc) is 3.39. The van der Waals surface area contributed by atoms with Crippen LogP contribution < -0.4 is 0 Å². The van der Waals surface area contributed by atoms with Crippen LogP contribution in [0.3, 0.4) is 0 Å². The number of hydrogen-bond donors (Lipinski definition) is 0. The zero-order valence-corrected chi connectivity index (χ0v) is 21.9. The normalized spacial score (nSPS) is 12.3. The highest BCUT2D eigenvalue weighted by Gasteiger charge is 2.27. The van der Waals surface area contributed by atoms with E-state index in [9.17, 15) is 16.8 Å². The van der Waals surface area contributed by atoms with Crippen molar-refractivity contribution < 1.29 is 21.3 Å². The number of hydrogen-bond acceptors (Lipinski definition) is 5. The third kappa shape index (κ3) is 6.05. The minimum Gasteiger partial charge on any atom is -0.468 e. The summed E-state index contributed by atoms with van der Waals surface area (Å²) in [5.41, 5.74) is 1.59. The van der Waals surface area contributed by atoms with Gasteiger partial charge in [-0.05, 0) is 59.7 Å². The van der Waals surface area contributed by atoms with Crippen LogP contribution in [0.15, 0.2) is 111 Å². The molecule has 0 fully saturated rings. The smallest absolute Gasteiger partial charge is 0.243 e. The molecule has 0 unspecified atom stereocenters. The summed E-state index contributed by atoms with van der Waals surface area (Å²) >= 11 is 5.97. The van der Waals surface area contributed by atoms with Crippen LogP contribution in [0.5, 0.6) is 0 Å². The van der Waals surface area contributed by atoms with Gasteiger partial charge in [0, 0.05) is 25.2 Å². The van der Waals surface area contributed by atoms with E-state index in [1.165, 1.54) is 46.2 Å². The van der Waals surface area contributed by atoms with Gasteiger partial charge in [0.05, 0.1) is 22.6 Å². The molecule has 0 bridgehead atoms. The first kappa shape index (κ1) is 26.1. The lowest BCUT2D eigenvalue weighted by atomic mass is 10.2. The quantitative estimate of drug-likeness (QED) is 0.276. The van der Waals surface area contributed by atoms with E-state index in [-0.39, 0.29) is 29.4 Å². The van der Waals surface area contributed by atoms with E-state index in [0.717, 1.165) is 11.1 Å². The monoisotopic (exact) mass is 544 g/mol. The second-order valence-electron chi connectivity index (χ2n) is 8.20. The maximum atomic E-state index is 13.6. The van der Waals surface area contributed by atoms with Crippen LogP contribution in [-0.4, -0.2) is 32.5 Å². The maximum absolute atomic E-state index is 13.6. The van der Waals surface area contributed by atoms with E-state index >= 15 is 0 Å². The summed E-state index contributed by atoms with van der Waals surface area (Å²) in [5.74, 6) is 0.481. The predicted molar refractivity (Wildman–Crippen MR) is 138 cm³/mol. The molecule has 0 aliphatic rings. The number of furan rings is 1. The third-order valence-electron chi connectivity index (χ3n) is 5.60. The number of rotatable bonds is 10. The van der Waals surface area contributed by atoms with Crippen LogP contribution in [0.1, 0.15) is 16.9 Å². The first-order valence-electron chi connectivity index (χ1n) is 11.0. The van der Waals surface area contributed by atoms with Crippen LogP contribution in [0, 0.1) is 0 Å². The molecule has 0 aliphatic heterocycles. The Balaban J connectivity index is 1.59. The van der Waals surface area contributed by atoms with Crippen molar-refractivity contribution in [2.24, 2.45) is 0 Å². The van der Waals surface area contributed by atoms with Gasteiger partial charge in [0.1, 0.15) is 5.76 Å². The molecule has 0 aliphatic carbocycles. The van der Waals surface area contributed by atoms with Gasteiger partial charge in [-0.15, -0.1) is 0 Å². The van der Waals surface area contributed by atoms with Gasteiger partial charge in [-0.2, -0.15) is 8.61 Å². The molecule has 10 heteroatoms. The highest BCUT2D eigenvalue weighted by atomic mass is 35.5. The van der Waals surface area contributed by atoms with E-state index < -0.39 is 20.0 Å². The Bertz CT molecular complexity index is 1490. The van der Waals surface area contributed by atoms with Crippen molar-refractivity contribution in [1.29, 1.82) is 0 Å². The topological polar surface area (TPSA) is 87.9 Å². The number of nitrogens with zero attached hydrogens (tertiary/aromatic N) is 2. The Morgan fingerprint density at radius 2 is 1.25 bits per heavy atom. The second kappa shape index (κ2) is 11.0. The lowest BCUT2D eigenvalue weighted by Crippen LogP contribution is -2.30. The summed E-state index contributed by atoms with van der Waals surface area (Å²) in [6.07, 6.45) is 1.48. The number of benzene rings is 3. The Morgan fingerprint density at radius 3 is 1.83 bits per heavy atom. The van der Waals surface area contributed by atoms with Crippen LogP contribution in [0.25, 0.3) is 0 Å². The molecule has 0 spiro atoms. The Kier molecular flexibility index (Phi) is 7.97. The number of halogens is 1. The summed E-state index contributed by atoms with van der Waals surface area (Å²) in [4.78, 5) is -0.0113. The molecule has 1 aromatic heterocycles. The molecule has 4 rings (SSSR count). The van der Waals surface area contributed by atoms with E-state index in [4.69, 9.17) is 16.0 Å². The Hall–Kier alpha value is -2.95. The van der Waals surface area contributed by atoms with Crippen LogP contribution >= 0.6 is 11.6 Å². The molecular formula is C26H25ClN2O5S2. The van der Waals surface area contributed by atoms with Crippen molar-refractivity contribution in [1.82, 2.24) is 8.61 Å². The van der Waals surface area contributed by atoms with Crippen molar-refractivity contribution in [3.05, 3.63) is 119 Å². The van der Waals surface area contributed by atoms with E-state index in [1.54, 1.807) is 36.4 Å². The van der Waals surface area contributed by atoms with Gasteiger partial charge in [-0.25, -0.2) is 16.8 Å². The van der Waals surface area contributed by atoms with Crippen molar-refractivity contribution in [3.8, 4) is 0 Å². The predicted octanol–water partition coefficient (Wildman–Crippen LogP) is 5.14. The lowest BCUT2D eigenvalue weighted by molar-refractivity contribution is 0.358. The molecule has 0 amide bonds. The van der Waals surface area contributed by atoms with Gasteiger partial charge in [0.2, 0.25) is 20.0 Å². The molecule has 3 aromatic carbocycles. The summed E-state index contributed by atoms with van der Waals surface area (Å²) < 4.78 is 61.1. The van der Waals surface area contributed by atoms with Crippen LogP contribution in [-0.2, 0) is 39.7 Å². The fourth-order valence-electron chi connectivity index (χ4n) is 3.63. The molecule has 0 saturated heterocycles. The first-order chi connectivity index (χ1) is 17.2. The van der Waals surface area contributed by atoms with Gasteiger partial charge < -0.3 is 4.42 Å². The van der Waals surface area contributed by atoms with E-state index in [1.807, 2.05) is 30.3 Å². The molecule has 188 valence electrons. The molecule has 36 heavy (non-hydrogen) atoms. The van der Waals surface area contributed by atoms with Gasteiger partial charge in [-0.1, -0.05) is 54.1 Å². The van der Waals surface area contributed by atoms with Crippen molar-refractivity contribution in [3.63, 3.8) is 0 Å². The zero-order valence-electron chi connectivity index (χ0n) is 19.5. The molecular weight excluding hydrogens is 520 g/mol. The fraction of sp³-hybridized carbons (Fsp3) is 0.154. The van der Waals surface area contributed by atoms with Gasteiger partial charge in [0.25, 0.3) is 0 Å². The van der Waals surface area contributed by atoms with Crippen molar-refractivity contribution in [2.45, 2.75) is 29.4 Å². The summed E-state index contributed by atoms with van der Waals surface area (Å²) in [6.45, 7) is 0.291.